The molecular weight excluding hydrogens is 477 g/mol. The molecule has 0 radical (unpaired) electrons. The second kappa shape index (κ2) is 12.1. The Labute approximate surface area is 210 Å². The molecule has 35 heavy (non-hydrogen) atoms. The topological polar surface area (TPSA) is 123 Å². The van der Waals surface area contributed by atoms with Crippen molar-refractivity contribution in [2.45, 2.75) is 51.9 Å². The van der Waals surface area contributed by atoms with E-state index in [-0.39, 0.29) is 35.3 Å². The molecule has 0 aromatic carbocycles. The first-order chi connectivity index (χ1) is 16.7. The van der Waals surface area contributed by atoms with E-state index >= 15 is 4.39 Å². The molecular formula is C23H37ClFN7O3. The number of hydrogen-bond donors (Lipinski definition) is 4. The lowest BCUT2D eigenvalue weighted by Gasteiger charge is -2.23. The molecule has 4 rings (SSSR count). The molecule has 10 nitrogen and oxygen atoms in total. The molecule has 3 fully saturated rings. The molecule has 2 unspecified atom stereocenters. The van der Waals surface area contributed by atoms with E-state index in [9.17, 15) is 14.8 Å². The van der Waals surface area contributed by atoms with Gasteiger partial charge in [-0.25, -0.2) is 5.06 Å². The van der Waals surface area contributed by atoms with Crippen LogP contribution in [0.3, 0.4) is 0 Å². The molecule has 1 aliphatic heterocycles. The van der Waals surface area contributed by atoms with E-state index in [1.165, 1.54) is 0 Å². The minimum atomic E-state index is -0.677. The number of carbonyl (C=O) groups excluding carboxylic acids is 2. The maximum Gasteiger partial charge on any atom is 0.243 e. The second-order valence-corrected chi connectivity index (χ2v) is 10.4. The summed E-state index contributed by atoms with van der Waals surface area (Å²) in [6.45, 7) is 3.45. The number of hydrogen-bond acceptors (Lipinski definition) is 8. The Bertz CT molecular complexity index is 883. The Morgan fingerprint density at radius 1 is 1.34 bits per heavy atom. The predicted octanol–water partition coefficient (Wildman–Crippen LogP) is 2.83. The highest BCUT2D eigenvalue weighted by molar-refractivity contribution is 6.28. The van der Waals surface area contributed by atoms with Crippen molar-refractivity contribution in [2.24, 2.45) is 23.2 Å². The summed E-state index contributed by atoms with van der Waals surface area (Å²) in [6, 6.07) is 0. The molecule has 1 saturated heterocycles. The fourth-order valence-electron chi connectivity index (χ4n) is 5.20. The summed E-state index contributed by atoms with van der Waals surface area (Å²) in [4.78, 5) is 33.5. The number of amides is 2. The van der Waals surface area contributed by atoms with Gasteiger partial charge in [0.05, 0.1) is 12.5 Å². The van der Waals surface area contributed by atoms with Crippen LogP contribution in [0.4, 0.5) is 16.0 Å². The Morgan fingerprint density at radius 3 is 2.57 bits per heavy atom. The number of nitrogens with one attached hydrogen (secondary N) is 3. The van der Waals surface area contributed by atoms with Gasteiger partial charge in [-0.3, -0.25) is 25.6 Å². The van der Waals surface area contributed by atoms with Crippen LogP contribution in [0.1, 0.15) is 51.9 Å². The first-order valence-corrected chi connectivity index (χ1v) is 12.6. The van der Waals surface area contributed by atoms with Crippen LogP contribution in [0.5, 0.6) is 0 Å². The predicted molar refractivity (Wildman–Crippen MR) is 131 cm³/mol. The van der Waals surface area contributed by atoms with Gasteiger partial charge in [-0.05, 0) is 62.2 Å². The Balaban J connectivity index is 0.00000108. The van der Waals surface area contributed by atoms with Gasteiger partial charge in [0.1, 0.15) is 0 Å². The lowest BCUT2D eigenvalue weighted by atomic mass is 9.92. The van der Waals surface area contributed by atoms with Gasteiger partial charge < -0.3 is 10.2 Å². The highest BCUT2D eigenvalue weighted by Gasteiger charge is 2.53. The molecule has 3 aliphatic rings. The molecule has 2 heterocycles. The zero-order valence-corrected chi connectivity index (χ0v) is 21.4. The fraction of sp³-hybridized carbons (Fsp3) is 0.739. The fourth-order valence-corrected chi connectivity index (χ4v) is 5.37. The average molecular weight is 514 g/mol. The lowest BCUT2D eigenvalue weighted by molar-refractivity contribution is -0.154. The van der Waals surface area contributed by atoms with Crippen LogP contribution in [0, 0.1) is 29.0 Å². The van der Waals surface area contributed by atoms with Gasteiger partial charge >= 0.3 is 0 Å². The van der Waals surface area contributed by atoms with E-state index in [1.807, 2.05) is 19.0 Å². The lowest BCUT2D eigenvalue weighted by Crippen LogP contribution is -2.41. The molecule has 2 saturated carbocycles. The normalized spacial score (nSPS) is 21.3. The average Bonchev–Trinajstić information content (AvgIpc) is 3.28. The van der Waals surface area contributed by atoms with Gasteiger partial charge in [0.2, 0.25) is 23.4 Å². The summed E-state index contributed by atoms with van der Waals surface area (Å²) >= 11 is 6.06. The van der Waals surface area contributed by atoms with Crippen LogP contribution in [-0.2, 0) is 9.59 Å². The first kappa shape index (κ1) is 27.3. The molecule has 12 heteroatoms. The van der Waals surface area contributed by atoms with E-state index < -0.39 is 17.6 Å². The Morgan fingerprint density at radius 2 is 2.00 bits per heavy atom. The number of nitrogens with zero attached hydrogens (tertiary/aromatic N) is 4. The van der Waals surface area contributed by atoms with Gasteiger partial charge in [-0.1, -0.05) is 32.6 Å². The number of hydrazine groups is 1. The van der Waals surface area contributed by atoms with Gasteiger partial charge in [0.25, 0.3) is 0 Å². The molecule has 1 aromatic rings. The minimum Gasteiger partial charge on any atom is -0.353 e. The molecule has 1 spiro atoms. The standard InChI is InChI=1S/C21H30ClFN6O3.C2H7N/c1-13-9-28(11-21(13)6-7-21)18-16(23)17(24-20(22)25-18)26-27-19(31)15(10-29(32)12-30)8-14-4-2-3-5-14;1-3-2/h12-15,32H,2-11H2,1H3,(H,27,31)(H,24,25,26);3H,1-2H3. The van der Waals surface area contributed by atoms with Gasteiger partial charge in [0, 0.05) is 13.1 Å². The minimum absolute atomic E-state index is 0.118. The summed E-state index contributed by atoms with van der Waals surface area (Å²) in [5.41, 5.74) is 5.26. The van der Waals surface area contributed by atoms with E-state index in [0.29, 0.717) is 29.9 Å². The Hall–Kier alpha value is -2.24. The monoisotopic (exact) mass is 513 g/mol. The smallest absolute Gasteiger partial charge is 0.243 e. The highest BCUT2D eigenvalue weighted by atomic mass is 35.5. The number of anilines is 2. The maximum atomic E-state index is 15.2. The van der Waals surface area contributed by atoms with Gasteiger partial charge in [-0.2, -0.15) is 14.4 Å². The molecule has 4 N–H and O–H groups in total. The van der Waals surface area contributed by atoms with Crippen molar-refractivity contribution >= 4 is 35.6 Å². The summed E-state index contributed by atoms with van der Waals surface area (Å²) in [5, 5.41) is 12.7. The zero-order valence-electron chi connectivity index (χ0n) is 20.7. The molecule has 196 valence electrons. The van der Waals surface area contributed by atoms with Gasteiger partial charge in [-0.15, -0.1) is 0 Å². The zero-order chi connectivity index (χ0) is 25.6. The quantitative estimate of drug-likeness (QED) is 0.172. The van der Waals surface area contributed by atoms with Crippen molar-refractivity contribution < 1.29 is 19.2 Å². The van der Waals surface area contributed by atoms with E-state index in [1.54, 1.807) is 0 Å². The molecule has 2 amide bonds. The van der Waals surface area contributed by atoms with Crippen molar-refractivity contribution in [3.8, 4) is 0 Å². The molecule has 1 aromatic heterocycles. The third-order valence-electron chi connectivity index (χ3n) is 7.34. The van der Waals surface area contributed by atoms with E-state index in [0.717, 1.165) is 45.1 Å². The molecule has 2 aliphatic carbocycles. The number of rotatable bonds is 9. The molecule has 0 bridgehead atoms. The first-order valence-electron chi connectivity index (χ1n) is 12.3. The van der Waals surface area contributed by atoms with Crippen LogP contribution >= 0.6 is 11.6 Å². The SMILES string of the molecule is CC1CN(c2nc(Cl)nc(NNC(=O)C(CC3CCCC3)CN(O)C=O)c2F)CC12CC2.CNC. The van der Waals surface area contributed by atoms with Crippen LogP contribution in [-0.4, -0.2) is 66.3 Å². The van der Waals surface area contributed by atoms with Crippen molar-refractivity contribution in [2.75, 3.05) is 44.1 Å². The van der Waals surface area contributed by atoms with Crippen molar-refractivity contribution in [3.63, 3.8) is 0 Å². The van der Waals surface area contributed by atoms with Crippen LogP contribution in [0.15, 0.2) is 0 Å². The Kier molecular flexibility index (Phi) is 9.48. The summed E-state index contributed by atoms with van der Waals surface area (Å²) < 4.78 is 15.2. The van der Waals surface area contributed by atoms with E-state index in [4.69, 9.17) is 11.6 Å². The third-order valence-corrected chi connectivity index (χ3v) is 7.51. The number of aromatic nitrogens is 2. The van der Waals surface area contributed by atoms with Crippen molar-refractivity contribution in [1.29, 1.82) is 0 Å². The molecule has 2 atom stereocenters. The summed E-state index contributed by atoms with van der Waals surface area (Å²) in [5.74, 6) is -1.06. The number of carbonyl (C=O) groups is 2. The third kappa shape index (κ3) is 6.92. The van der Waals surface area contributed by atoms with Gasteiger partial charge in [0.15, 0.2) is 11.6 Å². The number of hydroxylamine groups is 2. The van der Waals surface area contributed by atoms with Crippen LogP contribution in [0.25, 0.3) is 0 Å². The largest absolute Gasteiger partial charge is 0.353 e. The van der Waals surface area contributed by atoms with Crippen LogP contribution < -0.4 is 21.1 Å². The van der Waals surface area contributed by atoms with Crippen molar-refractivity contribution in [1.82, 2.24) is 25.8 Å². The summed E-state index contributed by atoms with van der Waals surface area (Å²) in [6.07, 6.45) is 7.31. The van der Waals surface area contributed by atoms with Crippen molar-refractivity contribution in [3.05, 3.63) is 11.1 Å². The number of halogens is 2. The highest BCUT2D eigenvalue weighted by Crippen LogP contribution is 2.56. The summed E-state index contributed by atoms with van der Waals surface area (Å²) in [7, 11) is 3.75. The second-order valence-electron chi connectivity index (χ2n) is 10.0. The van der Waals surface area contributed by atoms with Crippen LogP contribution in [0.2, 0.25) is 5.28 Å². The van der Waals surface area contributed by atoms with E-state index in [2.05, 4.69) is 33.1 Å². The maximum absolute atomic E-state index is 15.2.